The molecule has 1 N–H and O–H groups in total. The van der Waals surface area contributed by atoms with Crippen LogP contribution in [0.5, 0.6) is 0 Å². The average Bonchev–Trinajstić information content (AvgIpc) is 3.62. The topological polar surface area (TPSA) is 110 Å². The number of imide groups is 1. The smallest absolute Gasteiger partial charge is 0.269 e. The molecule has 5 aliphatic rings. The first-order valence-electron chi connectivity index (χ1n) is 11.6. The minimum atomic E-state index is -1.00. The molecular weight excluding hydrogens is 434 g/mol. The Hall–Kier alpha value is -3.81. The van der Waals surface area contributed by atoms with Crippen molar-refractivity contribution in [1.82, 2.24) is 4.90 Å². The van der Waals surface area contributed by atoms with E-state index < -0.39 is 16.9 Å². The number of non-ortho nitro benzene ring substituents is 1. The fraction of sp³-hybridized carbons (Fsp3) is 0.346. The molecule has 2 aromatic rings. The number of anilines is 1. The van der Waals surface area contributed by atoms with Crippen LogP contribution in [0, 0.1) is 45.6 Å². The van der Waals surface area contributed by atoms with Gasteiger partial charge < -0.3 is 5.32 Å². The van der Waals surface area contributed by atoms with Gasteiger partial charge in [-0.15, -0.1) is 0 Å². The molecule has 3 fully saturated rings. The Morgan fingerprint density at radius 3 is 2.12 bits per heavy atom. The van der Waals surface area contributed by atoms with Gasteiger partial charge in [0.25, 0.3) is 5.69 Å². The Kier molecular flexibility index (Phi) is 4.65. The zero-order valence-electron chi connectivity index (χ0n) is 18.2. The maximum Gasteiger partial charge on any atom is 0.269 e. The Bertz CT molecular complexity index is 1190. The van der Waals surface area contributed by atoms with E-state index >= 15 is 0 Å². The monoisotopic (exact) mass is 457 g/mol. The van der Waals surface area contributed by atoms with E-state index in [1.165, 1.54) is 29.2 Å². The predicted octanol–water partition coefficient (Wildman–Crippen LogP) is 3.20. The molecule has 3 amide bonds. The van der Waals surface area contributed by atoms with Crippen molar-refractivity contribution in [2.45, 2.75) is 18.9 Å². The Morgan fingerprint density at radius 1 is 0.971 bits per heavy atom. The van der Waals surface area contributed by atoms with E-state index in [9.17, 15) is 24.5 Å². The van der Waals surface area contributed by atoms with E-state index in [2.05, 4.69) is 17.5 Å². The van der Waals surface area contributed by atoms with E-state index in [1.807, 2.05) is 30.3 Å². The van der Waals surface area contributed by atoms with Crippen LogP contribution in [0.25, 0.3) is 0 Å². The Morgan fingerprint density at radius 2 is 1.56 bits per heavy atom. The third-order valence-electron chi connectivity index (χ3n) is 7.93. The van der Waals surface area contributed by atoms with Crippen LogP contribution < -0.4 is 5.32 Å². The Labute approximate surface area is 195 Å². The number of hydrogen-bond acceptors (Lipinski definition) is 5. The molecule has 172 valence electrons. The first kappa shape index (κ1) is 20.8. The molecule has 1 saturated heterocycles. The van der Waals surface area contributed by atoms with Crippen molar-refractivity contribution < 1.29 is 19.3 Å². The highest BCUT2D eigenvalue weighted by Gasteiger charge is 2.67. The third kappa shape index (κ3) is 3.16. The van der Waals surface area contributed by atoms with Crippen LogP contribution in [0.1, 0.15) is 12.0 Å². The minimum absolute atomic E-state index is 0.0801. The molecule has 7 rings (SSSR count). The number of benzene rings is 2. The maximum atomic E-state index is 13.6. The van der Waals surface area contributed by atoms with Gasteiger partial charge >= 0.3 is 0 Å². The molecule has 7 atom stereocenters. The van der Waals surface area contributed by atoms with Crippen LogP contribution in [0.4, 0.5) is 11.4 Å². The number of allylic oxidation sites excluding steroid dienone is 2. The number of rotatable bonds is 6. The van der Waals surface area contributed by atoms with Crippen molar-refractivity contribution in [3.05, 3.63) is 82.4 Å². The number of hydrogen-bond donors (Lipinski definition) is 1. The number of carbonyl (C=O) groups is 3. The minimum Gasteiger partial charge on any atom is -0.324 e. The first-order chi connectivity index (χ1) is 16.4. The number of nitro groups is 1. The van der Waals surface area contributed by atoms with Crippen molar-refractivity contribution in [1.29, 1.82) is 0 Å². The van der Waals surface area contributed by atoms with E-state index in [0.29, 0.717) is 17.5 Å². The van der Waals surface area contributed by atoms with Gasteiger partial charge in [-0.2, -0.15) is 0 Å². The van der Waals surface area contributed by atoms with Crippen molar-refractivity contribution in [2.24, 2.45) is 35.5 Å². The number of likely N-dealkylation sites (tertiary alicyclic amines) is 1. The van der Waals surface area contributed by atoms with Crippen molar-refractivity contribution in [3.8, 4) is 0 Å². The van der Waals surface area contributed by atoms with Crippen LogP contribution in [-0.4, -0.2) is 33.6 Å². The van der Waals surface area contributed by atoms with Crippen molar-refractivity contribution >= 4 is 29.1 Å². The van der Waals surface area contributed by atoms with Gasteiger partial charge in [0.2, 0.25) is 17.7 Å². The van der Waals surface area contributed by atoms with Crippen LogP contribution in [0.3, 0.4) is 0 Å². The quantitative estimate of drug-likeness (QED) is 0.310. The van der Waals surface area contributed by atoms with E-state index in [-0.39, 0.29) is 47.6 Å². The van der Waals surface area contributed by atoms with Crippen LogP contribution in [0.2, 0.25) is 0 Å². The van der Waals surface area contributed by atoms with Gasteiger partial charge in [-0.3, -0.25) is 29.4 Å². The predicted molar refractivity (Wildman–Crippen MR) is 122 cm³/mol. The molecule has 2 saturated carbocycles. The summed E-state index contributed by atoms with van der Waals surface area (Å²) in [5.41, 5.74) is 1.12. The lowest BCUT2D eigenvalue weighted by Crippen LogP contribution is -2.49. The zero-order valence-corrected chi connectivity index (χ0v) is 18.2. The fourth-order valence-corrected chi connectivity index (χ4v) is 6.32. The summed E-state index contributed by atoms with van der Waals surface area (Å²) in [5, 5.41) is 13.7. The lowest BCUT2D eigenvalue weighted by molar-refractivity contribution is -0.384. The maximum absolute atomic E-state index is 13.6. The number of nitro benzene ring substituents is 1. The molecule has 34 heavy (non-hydrogen) atoms. The summed E-state index contributed by atoms with van der Waals surface area (Å²) in [5.74, 6) is -0.618. The number of carbonyl (C=O) groups excluding carboxylic acids is 3. The normalized spacial score (nSPS) is 31.1. The van der Waals surface area contributed by atoms with E-state index in [0.717, 1.165) is 12.0 Å². The number of nitrogens with one attached hydrogen (secondary N) is 1. The highest BCUT2D eigenvalue weighted by molar-refractivity contribution is 6.10. The van der Waals surface area contributed by atoms with Gasteiger partial charge in [0.15, 0.2) is 0 Å². The lowest BCUT2D eigenvalue weighted by atomic mass is 9.63. The fourth-order valence-electron chi connectivity index (χ4n) is 6.32. The van der Waals surface area contributed by atoms with Crippen LogP contribution >= 0.6 is 0 Å². The summed E-state index contributed by atoms with van der Waals surface area (Å²) < 4.78 is 0. The molecule has 2 bridgehead atoms. The van der Waals surface area contributed by atoms with Crippen molar-refractivity contribution in [2.75, 3.05) is 5.32 Å². The first-order valence-corrected chi connectivity index (χ1v) is 11.6. The average molecular weight is 457 g/mol. The molecule has 1 heterocycles. The van der Waals surface area contributed by atoms with E-state index in [4.69, 9.17) is 0 Å². The van der Waals surface area contributed by atoms with E-state index in [1.54, 1.807) is 0 Å². The highest BCUT2D eigenvalue weighted by Crippen LogP contribution is 2.65. The van der Waals surface area contributed by atoms with Gasteiger partial charge in [0.05, 0.1) is 16.8 Å². The second-order valence-electron chi connectivity index (χ2n) is 9.70. The molecule has 8 heteroatoms. The van der Waals surface area contributed by atoms with Crippen LogP contribution in [-0.2, 0) is 20.8 Å². The SMILES string of the molecule is O=C(Nc1ccc([N+](=O)[O-])cc1)[C@@H](Cc1ccccc1)N1C(=O)[C@@H]2[C@@H]3C=C[C@H]([C@H]4C[C@H]34)[C@@H]2C1=O. The summed E-state index contributed by atoms with van der Waals surface area (Å²) in [6.07, 6.45) is 5.49. The summed E-state index contributed by atoms with van der Waals surface area (Å²) in [7, 11) is 0. The standard InChI is InChI=1S/C26H23N3O5/c30-24(27-15-6-8-16(9-7-15)29(33)34)21(12-14-4-2-1-3-5-14)28-25(31)22-17-10-11-18(20-13-19(17)20)23(22)26(28)32/h1-11,17-23H,12-13H2,(H,27,30)/t17-,18-,19-,20-,21-,22-,23+/m1/s1. The van der Waals surface area contributed by atoms with Crippen LogP contribution in [0.15, 0.2) is 66.7 Å². The molecule has 0 radical (unpaired) electrons. The van der Waals surface area contributed by atoms with Gasteiger partial charge in [0, 0.05) is 24.2 Å². The summed E-state index contributed by atoms with van der Waals surface area (Å²) in [6.45, 7) is 0. The Balaban J connectivity index is 1.30. The van der Waals surface area contributed by atoms with Gasteiger partial charge in [-0.25, -0.2) is 0 Å². The largest absolute Gasteiger partial charge is 0.324 e. The summed E-state index contributed by atoms with van der Waals surface area (Å²) in [4.78, 5) is 52.3. The molecule has 0 unspecified atom stereocenters. The number of nitrogens with zero attached hydrogens (tertiary/aromatic N) is 2. The molecule has 0 spiro atoms. The molecule has 8 nitrogen and oxygen atoms in total. The second kappa shape index (κ2) is 7.62. The van der Waals surface area contributed by atoms with Gasteiger partial charge in [-0.1, -0.05) is 42.5 Å². The van der Waals surface area contributed by atoms with Gasteiger partial charge in [-0.05, 0) is 47.8 Å². The summed E-state index contributed by atoms with van der Waals surface area (Å²) in [6, 6.07) is 13.8. The van der Waals surface area contributed by atoms with Crippen molar-refractivity contribution in [3.63, 3.8) is 0 Å². The molecule has 1 aliphatic heterocycles. The molecule has 2 aromatic carbocycles. The second-order valence-corrected chi connectivity index (χ2v) is 9.70. The molecule has 0 aromatic heterocycles. The summed E-state index contributed by atoms with van der Waals surface area (Å²) >= 11 is 0. The lowest BCUT2D eigenvalue weighted by Gasteiger charge is -2.37. The zero-order chi connectivity index (χ0) is 23.6. The van der Waals surface area contributed by atoms with Gasteiger partial charge in [0.1, 0.15) is 6.04 Å². The third-order valence-corrected chi connectivity index (χ3v) is 7.93. The molecule has 4 aliphatic carbocycles. The highest BCUT2D eigenvalue weighted by atomic mass is 16.6. The number of amides is 3. The molecular formula is C26H23N3O5.